The van der Waals surface area contributed by atoms with Crippen LogP contribution in [-0.4, -0.2) is 64.5 Å². The Bertz CT molecular complexity index is 1230. The molecule has 0 radical (unpaired) electrons. The molecule has 0 atom stereocenters. The summed E-state index contributed by atoms with van der Waals surface area (Å²) in [7, 11) is 0. The van der Waals surface area contributed by atoms with Crippen LogP contribution in [0.1, 0.15) is 36.0 Å². The molecule has 3 aromatic rings. The first-order valence-electron chi connectivity index (χ1n) is 12.5. The number of hydrogen-bond acceptors (Lipinski definition) is 6. The Morgan fingerprint density at radius 3 is 2.31 bits per heavy atom. The molecule has 9 heteroatoms. The Kier molecular flexibility index (Phi) is 6.99. The molecule has 188 valence electrons. The van der Waals surface area contributed by atoms with Crippen molar-refractivity contribution >= 4 is 28.7 Å². The lowest BCUT2D eigenvalue weighted by Crippen LogP contribution is -2.51. The van der Waals surface area contributed by atoms with Crippen LogP contribution in [0.5, 0.6) is 0 Å². The van der Waals surface area contributed by atoms with Crippen LogP contribution < -0.4 is 15.5 Å². The molecule has 1 aromatic carbocycles. The quantitative estimate of drug-likeness (QED) is 0.401. The van der Waals surface area contributed by atoms with Crippen LogP contribution in [0.4, 0.5) is 10.6 Å². The van der Waals surface area contributed by atoms with E-state index in [-0.39, 0.29) is 12.0 Å². The van der Waals surface area contributed by atoms with E-state index in [1.54, 1.807) is 6.20 Å². The zero-order chi connectivity index (χ0) is 25.1. The van der Waals surface area contributed by atoms with E-state index in [4.69, 9.17) is 10.1 Å². The van der Waals surface area contributed by atoms with Crippen LogP contribution in [-0.2, 0) is 0 Å². The number of aliphatic hydroxyl groups is 1. The number of carboxylic acid groups (broad SMARTS) is 1. The van der Waals surface area contributed by atoms with Gasteiger partial charge in [0, 0.05) is 43.3 Å². The fourth-order valence-corrected chi connectivity index (χ4v) is 5.08. The van der Waals surface area contributed by atoms with Gasteiger partial charge in [-0.05, 0) is 61.8 Å². The van der Waals surface area contributed by atoms with Gasteiger partial charge in [-0.25, -0.2) is 14.8 Å². The predicted molar refractivity (Wildman–Crippen MR) is 137 cm³/mol. The fraction of sp³-hybridized carbons (Fsp3) is 0.407. The van der Waals surface area contributed by atoms with Gasteiger partial charge in [0.05, 0.1) is 22.9 Å². The van der Waals surface area contributed by atoms with Crippen molar-refractivity contribution in [1.82, 2.24) is 20.6 Å². The lowest BCUT2D eigenvalue weighted by atomic mass is 9.82. The average Bonchev–Trinajstić information content (AvgIpc) is 2.89. The van der Waals surface area contributed by atoms with Gasteiger partial charge in [-0.15, -0.1) is 0 Å². The lowest BCUT2D eigenvalue weighted by molar-refractivity contribution is 0.0942. The van der Waals surface area contributed by atoms with Crippen molar-refractivity contribution in [1.29, 1.82) is 0 Å². The summed E-state index contributed by atoms with van der Waals surface area (Å²) in [5, 5.41) is 24.7. The van der Waals surface area contributed by atoms with Crippen LogP contribution in [0.3, 0.4) is 0 Å². The van der Waals surface area contributed by atoms with Crippen molar-refractivity contribution in [2.75, 3.05) is 31.1 Å². The van der Waals surface area contributed by atoms with Gasteiger partial charge in [0.1, 0.15) is 5.82 Å². The molecule has 36 heavy (non-hydrogen) atoms. The van der Waals surface area contributed by atoms with Gasteiger partial charge in [0.25, 0.3) is 5.91 Å². The van der Waals surface area contributed by atoms with Crippen LogP contribution in [0, 0.1) is 11.8 Å². The smallest absolute Gasteiger partial charge is 0.404 e. The van der Waals surface area contributed by atoms with E-state index in [2.05, 4.69) is 15.6 Å². The minimum absolute atomic E-state index is 0.122. The number of nitrogens with zero attached hydrogens (tertiary/aromatic N) is 3. The maximum Gasteiger partial charge on any atom is 0.404 e. The van der Waals surface area contributed by atoms with E-state index >= 15 is 0 Å². The zero-order valence-electron chi connectivity index (χ0n) is 20.1. The number of nitrogens with one attached hydrogen (secondary N) is 2. The van der Waals surface area contributed by atoms with Gasteiger partial charge >= 0.3 is 6.09 Å². The molecule has 9 nitrogen and oxygen atoms in total. The molecule has 0 unspecified atom stereocenters. The van der Waals surface area contributed by atoms with Gasteiger partial charge in [-0.2, -0.15) is 0 Å². The van der Waals surface area contributed by atoms with Crippen LogP contribution in [0.2, 0.25) is 0 Å². The Labute approximate surface area is 209 Å². The van der Waals surface area contributed by atoms with E-state index in [0.29, 0.717) is 49.3 Å². The summed E-state index contributed by atoms with van der Waals surface area (Å²) in [5.74, 6) is 1.45. The third kappa shape index (κ3) is 5.41. The highest BCUT2D eigenvalue weighted by Gasteiger charge is 2.26. The number of pyridine rings is 2. The van der Waals surface area contributed by atoms with E-state index in [1.165, 1.54) is 0 Å². The summed E-state index contributed by atoms with van der Waals surface area (Å²) in [6.07, 6.45) is 4.36. The Morgan fingerprint density at radius 1 is 0.972 bits per heavy atom. The maximum absolute atomic E-state index is 13.3. The monoisotopic (exact) mass is 489 g/mol. The normalized spacial score (nSPS) is 20.1. The summed E-state index contributed by atoms with van der Waals surface area (Å²) < 4.78 is 0. The number of carbonyl (C=O) groups is 2. The summed E-state index contributed by atoms with van der Waals surface area (Å²) >= 11 is 0. The number of rotatable bonds is 7. The number of anilines is 1. The molecule has 1 saturated carbocycles. The standard InChI is InChI=1S/C27H31N5O4/c33-20-15-32(16-20)25-10-9-19(14-28-25)24-11-22(21-3-1-2-4-23(21)31-24)26(34)29-12-17-5-7-18(8-6-17)13-30-27(35)36/h1-4,9-11,14,17-18,20,30,33H,5-8,12-13,15-16H2,(H,29,34)(H,35,36). The number of aliphatic hydroxyl groups excluding tert-OH is 1. The SMILES string of the molecule is O=C(O)NCC1CCC(CNC(=O)c2cc(-c3ccc(N4CC(O)C4)nc3)nc3ccccc23)CC1. The topological polar surface area (TPSA) is 128 Å². The molecule has 1 aliphatic carbocycles. The minimum Gasteiger partial charge on any atom is -0.465 e. The highest BCUT2D eigenvalue weighted by molar-refractivity contribution is 6.07. The molecule has 1 aliphatic heterocycles. The van der Waals surface area contributed by atoms with Crippen LogP contribution >= 0.6 is 0 Å². The van der Waals surface area contributed by atoms with E-state index in [0.717, 1.165) is 48.0 Å². The van der Waals surface area contributed by atoms with Crippen molar-refractivity contribution in [2.45, 2.75) is 31.8 Å². The minimum atomic E-state index is -0.976. The van der Waals surface area contributed by atoms with Crippen molar-refractivity contribution in [3.63, 3.8) is 0 Å². The molecule has 0 bridgehead atoms. The third-order valence-electron chi connectivity index (χ3n) is 7.25. The van der Waals surface area contributed by atoms with E-state index in [9.17, 15) is 14.7 Å². The second-order valence-corrected chi connectivity index (χ2v) is 9.82. The summed E-state index contributed by atoms with van der Waals surface area (Å²) in [6, 6.07) is 13.3. The van der Waals surface area contributed by atoms with Gasteiger partial charge < -0.3 is 25.7 Å². The molecule has 1 saturated heterocycles. The third-order valence-corrected chi connectivity index (χ3v) is 7.25. The van der Waals surface area contributed by atoms with Crippen molar-refractivity contribution < 1.29 is 19.8 Å². The Balaban J connectivity index is 1.27. The molecule has 4 N–H and O–H groups in total. The van der Waals surface area contributed by atoms with Crippen molar-refractivity contribution in [2.24, 2.45) is 11.8 Å². The Morgan fingerprint density at radius 2 is 1.67 bits per heavy atom. The maximum atomic E-state index is 13.3. The average molecular weight is 490 g/mol. The molecule has 3 heterocycles. The molecular weight excluding hydrogens is 458 g/mol. The molecule has 2 fully saturated rings. The van der Waals surface area contributed by atoms with Gasteiger partial charge in [-0.1, -0.05) is 18.2 Å². The number of hydrogen-bond donors (Lipinski definition) is 4. The molecule has 2 aromatic heterocycles. The fourth-order valence-electron chi connectivity index (χ4n) is 5.08. The number of fused-ring (bicyclic) bond motifs is 1. The van der Waals surface area contributed by atoms with Crippen LogP contribution in [0.15, 0.2) is 48.7 Å². The summed E-state index contributed by atoms with van der Waals surface area (Å²) in [4.78, 5) is 35.3. The second kappa shape index (κ2) is 10.5. The summed E-state index contributed by atoms with van der Waals surface area (Å²) in [6.45, 7) is 2.27. The number of benzene rings is 1. The summed E-state index contributed by atoms with van der Waals surface area (Å²) in [5.41, 5.74) is 2.85. The molecule has 2 amide bonds. The predicted octanol–water partition coefficient (Wildman–Crippen LogP) is 3.28. The number of para-hydroxylation sites is 1. The van der Waals surface area contributed by atoms with Gasteiger partial charge in [0.2, 0.25) is 0 Å². The molecule has 2 aliphatic rings. The molecular formula is C27H31N5O4. The van der Waals surface area contributed by atoms with Crippen molar-refractivity contribution in [3.8, 4) is 11.3 Å². The van der Waals surface area contributed by atoms with Crippen LogP contribution in [0.25, 0.3) is 22.2 Å². The number of β-amino-alcohol motifs (C(OH)–C–C–N with tert-alkyl or cyclic N) is 1. The van der Waals surface area contributed by atoms with E-state index < -0.39 is 6.09 Å². The molecule has 0 spiro atoms. The first-order valence-corrected chi connectivity index (χ1v) is 12.5. The number of carbonyl (C=O) groups excluding carboxylic acids is 1. The number of amides is 2. The first kappa shape index (κ1) is 24.0. The zero-order valence-corrected chi connectivity index (χ0v) is 20.1. The van der Waals surface area contributed by atoms with E-state index in [1.807, 2.05) is 47.4 Å². The van der Waals surface area contributed by atoms with Crippen molar-refractivity contribution in [3.05, 3.63) is 54.2 Å². The second-order valence-electron chi connectivity index (χ2n) is 9.82. The Hall–Kier alpha value is -3.72. The lowest BCUT2D eigenvalue weighted by Gasteiger charge is -2.36. The van der Waals surface area contributed by atoms with Gasteiger partial charge in [-0.3, -0.25) is 4.79 Å². The largest absolute Gasteiger partial charge is 0.465 e. The number of aromatic nitrogens is 2. The highest BCUT2D eigenvalue weighted by Crippen LogP contribution is 2.29. The first-order chi connectivity index (χ1) is 17.5. The molecule has 5 rings (SSSR count). The van der Waals surface area contributed by atoms with Gasteiger partial charge in [0.15, 0.2) is 0 Å². The highest BCUT2D eigenvalue weighted by atomic mass is 16.4.